The maximum absolute atomic E-state index is 12.8. The Kier molecular flexibility index (Phi) is 3.87. The van der Waals surface area contributed by atoms with E-state index in [1.54, 1.807) is 0 Å². The van der Waals surface area contributed by atoms with Gasteiger partial charge in [0.1, 0.15) is 11.6 Å². The van der Waals surface area contributed by atoms with E-state index in [-0.39, 0.29) is 11.7 Å². The first kappa shape index (κ1) is 14.3. The molecule has 0 aliphatic carbocycles. The molecule has 2 aromatic carbocycles. The number of imidazole rings is 1. The van der Waals surface area contributed by atoms with Gasteiger partial charge in [-0.05, 0) is 55.3 Å². The van der Waals surface area contributed by atoms with E-state index in [0.717, 1.165) is 28.8 Å². The van der Waals surface area contributed by atoms with Gasteiger partial charge in [0.15, 0.2) is 0 Å². The largest absolute Gasteiger partial charge is 0.352 e. The summed E-state index contributed by atoms with van der Waals surface area (Å²) in [6.45, 7) is 2.44. The van der Waals surface area contributed by atoms with E-state index < -0.39 is 0 Å². The second-order valence-electron chi connectivity index (χ2n) is 5.19. The van der Waals surface area contributed by atoms with Gasteiger partial charge in [-0.2, -0.15) is 0 Å². The second-order valence-corrected chi connectivity index (χ2v) is 5.19. The van der Waals surface area contributed by atoms with Crippen LogP contribution in [0.1, 0.15) is 21.7 Å². The predicted octanol–water partition coefficient (Wildman–Crippen LogP) is 2.98. The summed E-state index contributed by atoms with van der Waals surface area (Å²) in [5.41, 5.74) is 3.52. The van der Waals surface area contributed by atoms with Crippen LogP contribution >= 0.6 is 0 Å². The van der Waals surface area contributed by atoms with Gasteiger partial charge in [-0.1, -0.05) is 6.07 Å². The quantitative estimate of drug-likeness (QED) is 0.778. The number of rotatable bonds is 4. The molecule has 2 N–H and O–H groups in total. The van der Waals surface area contributed by atoms with Crippen molar-refractivity contribution in [3.8, 4) is 0 Å². The molecule has 0 aliphatic heterocycles. The van der Waals surface area contributed by atoms with E-state index in [1.165, 1.54) is 24.3 Å². The molecule has 0 spiro atoms. The molecule has 0 bridgehead atoms. The molecular weight excluding hydrogens is 281 g/mol. The Bertz CT molecular complexity index is 808. The van der Waals surface area contributed by atoms with Crippen molar-refractivity contribution in [1.82, 2.24) is 15.3 Å². The number of hydrogen-bond donors (Lipinski definition) is 2. The predicted molar refractivity (Wildman–Crippen MR) is 83.3 cm³/mol. The van der Waals surface area contributed by atoms with Gasteiger partial charge < -0.3 is 10.3 Å². The van der Waals surface area contributed by atoms with Gasteiger partial charge in [0.2, 0.25) is 0 Å². The first-order valence-corrected chi connectivity index (χ1v) is 7.11. The Balaban J connectivity index is 1.59. The summed E-state index contributed by atoms with van der Waals surface area (Å²) in [7, 11) is 0. The Labute approximate surface area is 127 Å². The highest BCUT2D eigenvalue weighted by Gasteiger charge is 2.05. The zero-order chi connectivity index (χ0) is 15.5. The monoisotopic (exact) mass is 297 g/mol. The van der Waals surface area contributed by atoms with E-state index in [0.29, 0.717) is 12.1 Å². The van der Waals surface area contributed by atoms with Crippen molar-refractivity contribution in [2.45, 2.75) is 13.3 Å². The molecular formula is C17H16FN3O. The summed E-state index contributed by atoms with van der Waals surface area (Å²) in [4.78, 5) is 19.5. The first-order valence-electron chi connectivity index (χ1n) is 7.11. The van der Waals surface area contributed by atoms with Crippen LogP contribution in [-0.2, 0) is 6.42 Å². The maximum Gasteiger partial charge on any atom is 0.251 e. The summed E-state index contributed by atoms with van der Waals surface area (Å²) in [5, 5.41) is 2.83. The van der Waals surface area contributed by atoms with Crippen molar-refractivity contribution in [2.24, 2.45) is 0 Å². The summed E-state index contributed by atoms with van der Waals surface area (Å²) >= 11 is 0. The number of benzene rings is 2. The lowest BCUT2D eigenvalue weighted by Gasteiger charge is -2.05. The Morgan fingerprint density at radius 3 is 2.77 bits per heavy atom. The summed E-state index contributed by atoms with van der Waals surface area (Å²) in [6, 6.07) is 11.5. The van der Waals surface area contributed by atoms with Gasteiger partial charge >= 0.3 is 0 Å². The van der Waals surface area contributed by atoms with Crippen molar-refractivity contribution in [2.75, 3.05) is 6.54 Å². The average molecular weight is 297 g/mol. The minimum atomic E-state index is -0.347. The van der Waals surface area contributed by atoms with E-state index in [4.69, 9.17) is 0 Å². The van der Waals surface area contributed by atoms with E-state index in [9.17, 15) is 9.18 Å². The van der Waals surface area contributed by atoms with E-state index >= 15 is 0 Å². The number of aromatic amines is 1. The van der Waals surface area contributed by atoms with Gasteiger partial charge in [0.05, 0.1) is 11.0 Å². The topological polar surface area (TPSA) is 57.8 Å². The number of hydrogen-bond acceptors (Lipinski definition) is 2. The molecule has 22 heavy (non-hydrogen) atoms. The molecule has 0 unspecified atom stereocenters. The number of amides is 1. The van der Waals surface area contributed by atoms with Crippen molar-refractivity contribution in [3.63, 3.8) is 0 Å². The second kappa shape index (κ2) is 5.97. The SMILES string of the molecule is Cc1nc2ccc(CCNC(=O)c3ccc(F)cc3)cc2[nH]1. The van der Waals surface area contributed by atoms with Crippen LogP contribution in [0.25, 0.3) is 11.0 Å². The molecule has 3 rings (SSSR count). The highest BCUT2D eigenvalue weighted by molar-refractivity contribution is 5.94. The van der Waals surface area contributed by atoms with Gasteiger partial charge in [-0.3, -0.25) is 4.79 Å². The third kappa shape index (κ3) is 3.14. The normalized spacial score (nSPS) is 10.8. The van der Waals surface area contributed by atoms with Gasteiger partial charge in [0, 0.05) is 12.1 Å². The lowest BCUT2D eigenvalue weighted by molar-refractivity contribution is 0.0954. The molecule has 0 saturated carbocycles. The Morgan fingerprint density at radius 2 is 2.00 bits per heavy atom. The minimum absolute atomic E-state index is 0.196. The number of H-pyrrole nitrogens is 1. The number of carbonyl (C=O) groups is 1. The molecule has 3 aromatic rings. The molecule has 1 aromatic heterocycles. The van der Waals surface area contributed by atoms with Gasteiger partial charge in [-0.15, -0.1) is 0 Å². The molecule has 0 fully saturated rings. The zero-order valence-corrected chi connectivity index (χ0v) is 12.2. The number of halogens is 1. The van der Waals surface area contributed by atoms with Crippen molar-refractivity contribution < 1.29 is 9.18 Å². The minimum Gasteiger partial charge on any atom is -0.352 e. The maximum atomic E-state index is 12.8. The van der Waals surface area contributed by atoms with Crippen molar-refractivity contribution in [3.05, 3.63) is 65.2 Å². The molecule has 4 nitrogen and oxygen atoms in total. The number of aromatic nitrogens is 2. The highest BCUT2D eigenvalue weighted by atomic mass is 19.1. The fraction of sp³-hybridized carbons (Fsp3) is 0.176. The third-order valence-corrected chi connectivity index (χ3v) is 3.47. The molecule has 0 saturated heterocycles. The average Bonchev–Trinajstić information content (AvgIpc) is 2.87. The van der Waals surface area contributed by atoms with Crippen LogP contribution in [0.4, 0.5) is 4.39 Å². The molecule has 0 aliphatic rings. The lowest BCUT2D eigenvalue weighted by Crippen LogP contribution is -2.25. The summed E-state index contributed by atoms with van der Waals surface area (Å²) < 4.78 is 12.8. The highest BCUT2D eigenvalue weighted by Crippen LogP contribution is 2.13. The van der Waals surface area contributed by atoms with Gasteiger partial charge in [-0.25, -0.2) is 9.37 Å². The fourth-order valence-corrected chi connectivity index (χ4v) is 2.36. The lowest BCUT2D eigenvalue weighted by atomic mass is 10.1. The number of aryl methyl sites for hydroxylation is 1. The van der Waals surface area contributed by atoms with Crippen LogP contribution in [0.2, 0.25) is 0 Å². The van der Waals surface area contributed by atoms with Crippen LogP contribution in [0.3, 0.4) is 0 Å². The summed E-state index contributed by atoms with van der Waals surface area (Å²) in [5.74, 6) is 0.343. The van der Waals surface area contributed by atoms with Crippen LogP contribution in [0.15, 0.2) is 42.5 Å². The third-order valence-electron chi connectivity index (χ3n) is 3.47. The number of nitrogens with one attached hydrogen (secondary N) is 2. The number of carbonyl (C=O) groups excluding carboxylic acids is 1. The molecule has 1 amide bonds. The smallest absolute Gasteiger partial charge is 0.251 e. The zero-order valence-electron chi connectivity index (χ0n) is 12.2. The van der Waals surface area contributed by atoms with E-state index in [2.05, 4.69) is 15.3 Å². The van der Waals surface area contributed by atoms with Crippen LogP contribution < -0.4 is 5.32 Å². The number of fused-ring (bicyclic) bond motifs is 1. The Hall–Kier alpha value is -2.69. The van der Waals surface area contributed by atoms with Crippen molar-refractivity contribution in [1.29, 1.82) is 0 Å². The van der Waals surface area contributed by atoms with Crippen molar-refractivity contribution >= 4 is 16.9 Å². The van der Waals surface area contributed by atoms with Crippen LogP contribution in [0, 0.1) is 12.7 Å². The van der Waals surface area contributed by atoms with Crippen LogP contribution in [0.5, 0.6) is 0 Å². The Morgan fingerprint density at radius 1 is 1.23 bits per heavy atom. The standard InChI is InChI=1S/C17H16FN3O/c1-11-20-15-7-2-12(10-16(15)21-11)8-9-19-17(22)13-3-5-14(18)6-4-13/h2-7,10H,8-9H2,1H3,(H,19,22)(H,20,21). The van der Waals surface area contributed by atoms with E-state index in [1.807, 2.05) is 25.1 Å². The van der Waals surface area contributed by atoms with Gasteiger partial charge in [0.25, 0.3) is 5.91 Å². The van der Waals surface area contributed by atoms with Crippen LogP contribution in [-0.4, -0.2) is 22.4 Å². The molecule has 5 heteroatoms. The fourth-order valence-electron chi connectivity index (χ4n) is 2.36. The molecule has 0 atom stereocenters. The molecule has 112 valence electrons. The number of nitrogens with zero attached hydrogens (tertiary/aromatic N) is 1. The molecule has 1 heterocycles. The first-order chi connectivity index (χ1) is 10.6. The molecule has 0 radical (unpaired) electrons. The summed E-state index contributed by atoms with van der Waals surface area (Å²) in [6.07, 6.45) is 0.723.